The Kier molecular flexibility index (Phi) is 11.8. The quantitative estimate of drug-likeness (QED) is 0.123. The summed E-state index contributed by atoms with van der Waals surface area (Å²) in [5.74, 6) is -1.20. The number of hydrogen-bond acceptors (Lipinski definition) is 6. The molecular formula is C33H32Cl2N4O6S. The zero-order valence-corrected chi connectivity index (χ0v) is 27.2. The minimum absolute atomic E-state index is 0.0998. The maximum absolute atomic E-state index is 14.5. The number of benzene rings is 4. The Labute approximate surface area is 277 Å². The van der Waals surface area contributed by atoms with Gasteiger partial charge < -0.3 is 10.2 Å². The normalized spacial score (nSPS) is 11.8. The third-order valence-electron chi connectivity index (χ3n) is 7.15. The van der Waals surface area contributed by atoms with E-state index in [1.807, 2.05) is 37.3 Å². The molecule has 0 aliphatic heterocycles. The van der Waals surface area contributed by atoms with Crippen LogP contribution in [0.15, 0.2) is 108 Å². The van der Waals surface area contributed by atoms with Crippen LogP contribution in [0.5, 0.6) is 0 Å². The van der Waals surface area contributed by atoms with Crippen molar-refractivity contribution in [3.63, 3.8) is 0 Å². The highest BCUT2D eigenvalue weighted by Gasteiger charge is 2.35. The molecular weight excluding hydrogens is 651 g/mol. The van der Waals surface area contributed by atoms with Gasteiger partial charge in [0.25, 0.3) is 15.7 Å². The zero-order valence-electron chi connectivity index (χ0n) is 24.9. The van der Waals surface area contributed by atoms with Gasteiger partial charge in [0.15, 0.2) is 0 Å². The lowest BCUT2D eigenvalue weighted by Crippen LogP contribution is -2.53. The molecule has 0 heterocycles. The van der Waals surface area contributed by atoms with Crippen molar-refractivity contribution in [3.8, 4) is 0 Å². The van der Waals surface area contributed by atoms with Crippen LogP contribution in [0.2, 0.25) is 10.0 Å². The molecule has 0 unspecified atom stereocenters. The smallest absolute Gasteiger partial charge is 0.271 e. The van der Waals surface area contributed by atoms with Gasteiger partial charge in [-0.05, 0) is 42.3 Å². The van der Waals surface area contributed by atoms with E-state index in [1.165, 1.54) is 47.4 Å². The molecule has 4 aromatic rings. The summed E-state index contributed by atoms with van der Waals surface area (Å²) in [7, 11) is -4.42. The Balaban J connectivity index is 1.85. The zero-order chi connectivity index (χ0) is 33.3. The number of nitro groups is 1. The molecule has 2 amide bonds. The first-order valence-corrected chi connectivity index (χ1v) is 16.6. The van der Waals surface area contributed by atoms with E-state index in [2.05, 4.69) is 5.32 Å². The van der Waals surface area contributed by atoms with E-state index >= 15 is 0 Å². The highest BCUT2D eigenvalue weighted by Crippen LogP contribution is 2.30. The number of non-ortho nitro benzene ring substituents is 1. The number of amides is 2. The van der Waals surface area contributed by atoms with Crippen molar-refractivity contribution >= 4 is 56.4 Å². The average molecular weight is 684 g/mol. The topological polar surface area (TPSA) is 130 Å². The summed E-state index contributed by atoms with van der Waals surface area (Å²) in [6.07, 6.45) is 0.746. The summed E-state index contributed by atoms with van der Waals surface area (Å²) in [5.41, 5.74) is 0.666. The lowest BCUT2D eigenvalue weighted by Gasteiger charge is -2.34. The predicted octanol–water partition coefficient (Wildman–Crippen LogP) is 6.26. The van der Waals surface area contributed by atoms with Gasteiger partial charge in [-0.3, -0.25) is 24.0 Å². The average Bonchev–Trinajstić information content (AvgIpc) is 3.06. The molecule has 13 heteroatoms. The summed E-state index contributed by atoms with van der Waals surface area (Å²) in [4.78, 5) is 40.3. The molecule has 0 bridgehead atoms. The van der Waals surface area contributed by atoms with Crippen LogP contribution in [0.3, 0.4) is 0 Å². The summed E-state index contributed by atoms with van der Waals surface area (Å²) in [6, 6.07) is 25.3. The number of hydrogen-bond donors (Lipinski definition) is 1. The minimum Gasteiger partial charge on any atom is -0.354 e. The molecule has 1 N–H and O–H groups in total. The maximum atomic E-state index is 14.5. The molecule has 4 rings (SSSR count). The van der Waals surface area contributed by atoms with E-state index in [0.717, 1.165) is 15.9 Å². The number of nitro benzene ring substituents is 1. The van der Waals surface area contributed by atoms with Crippen LogP contribution in [-0.4, -0.2) is 49.2 Å². The molecule has 0 aromatic heterocycles. The van der Waals surface area contributed by atoms with Gasteiger partial charge in [-0.25, -0.2) is 8.42 Å². The number of carbonyl (C=O) groups is 2. The molecule has 0 aliphatic carbocycles. The fraction of sp³-hybridized carbons (Fsp3) is 0.212. The second-order valence-electron chi connectivity index (χ2n) is 10.3. The standard InChI is InChI=1S/C33H32Cl2N4O6S/c1-2-19-36-33(41)31(20-24-11-5-3-6-12-24)37(22-28-29(34)17-10-18-30(28)35)32(40)23-38(25-13-9-14-26(21-25)39(42)43)46(44,45)27-15-7-4-8-16-27/h3-18,21,31H,2,19-20,22-23H2,1H3,(H,36,41)/t31-/m1/s1. The van der Waals surface area contributed by atoms with Crippen LogP contribution in [0, 0.1) is 10.1 Å². The lowest BCUT2D eigenvalue weighted by atomic mass is 10.0. The van der Waals surface area contributed by atoms with Crippen molar-refractivity contribution in [3.05, 3.63) is 134 Å². The highest BCUT2D eigenvalue weighted by molar-refractivity contribution is 7.92. The van der Waals surface area contributed by atoms with E-state index in [9.17, 15) is 28.1 Å². The monoisotopic (exact) mass is 682 g/mol. The molecule has 0 spiro atoms. The van der Waals surface area contributed by atoms with Crippen LogP contribution in [0.25, 0.3) is 0 Å². The Morgan fingerprint density at radius 2 is 1.50 bits per heavy atom. The van der Waals surface area contributed by atoms with E-state index in [0.29, 0.717) is 18.5 Å². The second kappa shape index (κ2) is 15.7. The summed E-state index contributed by atoms with van der Waals surface area (Å²) < 4.78 is 28.9. The largest absolute Gasteiger partial charge is 0.354 e. The molecule has 4 aromatic carbocycles. The van der Waals surface area contributed by atoms with Crippen molar-refractivity contribution < 1.29 is 22.9 Å². The fourth-order valence-corrected chi connectivity index (χ4v) is 6.73. The van der Waals surface area contributed by atoms with Gasteiger partial charge in [-0.1, -0.05) is 90.8 Å². The van der Waals surface area contributed by atoms with Gasteiger partial charge in [0.1, 0.15) is 12.6 Å². The minimum atomic E-state index is -4.42. The number of nitrogens with zero attached hydrogens (tertiary/aromatic N) is 3. The summed E-state index contributed by atoms with van der Waals surface area (Å²) >= 11 is 13.0. The molecule has 0 saturated carbocycles. The fourth-order valence-electron chi connectivity index (χ4n) is 4.78. The van der Waals surface area contributed by atoms with Crippen LogP contribution < -0.4 is 9.62 Å². The SMILES string of the molecule is CCCNC(=O)[C@@H](Cc1ccccc1)N(Cc1c(Cl)cccc1Cl)C(=O)CN(c1cccc([N+](=O)[O-])c1)S(=O)(=O)c1ccccc1. The van der Waals surface area contributed by atoms with E-state index in [-0.39, 0.29) is 39.3 Å². The molecule has 0 saturated heterocycles. The first-order chi connectivity index (χ1) is 22.0. The first kappa shape index (κ1) is 34.4. The Morgan fingerprint density at radius 3 is 2.11 bits per heavy atom. The highest BCUT2D eigenvalue weighted by atomic mass is 35.5. The lowest BCUT2D eigenvalue weighted by molar-refractivity contribution is -0.384. The van der Waals surface area contributed by atoms with Crippen molar-refractivity contribution in [1.82, 2.24) is 10.2 Å². The number of rotatable bonds is 14. The van der Waals surface area contributed by atoms with Gasteiger partial charge in [0.05, 0.1) is 15.5 Å². The summed E-state index contributed by atoms with van der Waals surface area (Å²) in [5, 5.41) is 15.0. The van der Waals surface area contributed by atoms with Crippen molar-refractivity contribution in [2.75, 3.05) is 17.4 Å². The van der Waals surface area contributed by atoms with Crippen molar-refractivity contribution in [1.29, 1.82) is 0 Å². The molecule has 46 heavy (non-hydrogen) atoms. The van der Waals surface area contributed by atoms with Crippen LogP contribution >= 0.6 is 23.2 Å². The Morgan fingerprint density at radius 1 is 0.891 bits per heavy atom. The van der Waals surface area contributed by atoms with Gasteiger partial charge in [-0.2, -0.15) is 0 Å². The number of carbonyl (C=O) groups excluding carboxylic acids is 2. The predicted molar refractivity (Wildman–Crippen MR) is 178 cm³/mol. The Hall–Kier alpha value is -4.45. The van der Waals surface area contributed by atoms with E-state index in [4.69, 9.17) is 23.2 Å². The van der Waals surface area contributed by atoms with Crippen molar-refractivity contribution in [2.24, 2.45) is 0 Å². The van der Waals surface area contributed by atoms with Crippen LogP contribution in [0.4, 0.5) is 11.4 Å². The van der Waals surface area contributed by atoms with Gasteiger partial charge in [-0.15, -0.1) is 0 Å². The number of nitrogens with one attached hydrogen (secondary N) is 1. The number of anilines is 1. The van der Waals surface area contributed by atoms with Gasteiger partial charge in [0.2, 0.25) is 11.8 Å². The molecule has 10 nitrogen and oxygen atoms in total. The van der Waals surface area contributed by atoms with E-state index < -0.39 is 39.3 Å². The van der Waals surface area contributed by atoms with Crippen LogP contribution in [-0.2, 0) is 32.6 Å². The Bertz CT molecular complexity index is 1770. The molecule has 1 atom stereocenters. The number of halogens is 2. The van der Waals surface area contributed by atoms with Gasteiger partial charge >= 0.3 is 0 Å². The molecule has 0 aliphatic rings. The molecule has 240 valence electrons. The second-order valence-corrected chi connectivity index (χ2v) is 13.0. The van der Waals surface area contributed by atoms with E-state index in [1.54, 1.807) is 24.3 Å². The third kappa shape index (κ3) is 8.42. The van der Waals surface area contributed by atoms with Gasteiger partial charge in [0, 0.05) is 47.3 Å². The first-order valence-electron chi connectivity index (χ1n) is 14.4. The summed E-state index contributed by atoms with van der Waals surface area (Å²) in [6.45, 7) is 1.24. The van der Waals surface area contributed by atoms with Crippen molar-refractivity contribution in [2.45, 2.75) is 37.2 Å². The molecule has 0 fully saturated rings. The molecule has 0 radical (unpaired) electrons. The number of sulfonamides is 1. The maximum Gasteiger partial charge on any atom is 0.271 e. The third-order valence-corrected chi connectivity index (χ3v) is 9.65. The van der Waals surface area contributed by atoms with Crippen LogP contribution in [0.1, 0.15) is 24.5 Å².